The Morgan fingerprint density at radius 1 is 1.50 bits per heavy atom. The zero-order valence-electron chi connectivity index (χ0n) is 7.52. The molecule has 0 radical (unpaired) electrons. The van der Waals surface area contributed by atoms with Crippen molar-refractivity contribution in [1.82, 2.24) is 0 Å². The van der Waals surface area contributed by atoms with Crippen molar-refractivity contribution < 1.29 is 0 Å². The van der Waals surface area contributed by atoms with Gasteiger partial charge in [0.05, 0.1) is 0 Å². The van der Waals surface area contributed by atoms with Crippen LogP contribution in [0.4, 0.5) is 0 Å². The minimum atomic E-state index is -0.0422. The van der Waals surface area contributed by atoms with Crippen LogP contribution in [0.15, 0.2) is 12.2 Å². The van der Waals surface area contributed by atoms with Gasteiger partial charge in [-0.1, -0.05) is 19.1 Å². The summed E-state index contributed by atoms with van der Waals surface area (Å²) in [6.07, 6.45) is 5.32. The Balaban J connectivity index is 3.73. The molecular weight excluding hydrogens is 122 g/mol. The SMILES string of the molecule is C/C=C\CC(C)C(C)(C)N. The second-order valence-corrected chi connectivity index (χ2v) is 3.53. The third-order valence-electron chi connectivity index (χ3n) is 2.00. The highest BCUT2D eigenvalue weighted by Gasteiger charge is 2.18. The molecule has 0 spiro atoms. The second kappa shape index (κ2) is 3.77. The first-order valence-electron chi connectivity index (χ1n) is 3.88. The van der Waals surface area contributed by atoms with Crippen molar-refractivity contribution in [2.24, 2.45) is 11.7 Å². The molecule has 0 rings (SSSR count). The van der Waals surface area contributed by atoms with Crippen LogP contribution in [0.25, 0.3) is 0 Å². The van der Waals surface area contributed by atoms with Crippen molar-refractivity contribution in [3.05, 3.63) is 12.2 Å². The predicted octanol–water partition coefficient (Wildman–Crippen LogP) is 2.33. The van der Waals surface area contributed by atoms with E-state index in [-0.39, 0.29) is 5.54 Å². The molecule has 0 aliphatic rings. The van der Waals surface area contributed by atoms with Gasteiger partial charge in [0.15, 0.2) is 0 Å². The van der Waals surface area contributed by atoms with Crippen molar-refractivity contribution in [3.63, 3.8) is 0 Å². The molecule has 0 aromatic rings. The van der Waals surface area contributed by atoms with Gasteiger partial charge in [0.2, 0.25) is 0 Å². The monoisotopic (exact) mass is 141 g/mol. The van der Waals surface area contributed by atoms with E-state index in [2.05, 4.69) is 32.9 Å². The van der Waals surface area contributed by atoms with Crippen molar-refractivity contribution in [2.45, 2.75) is 39.7 Å². The maximum Gasteiger partial charge on any atom is 0.0126 e. The molecule has 1 nitrogen and oxygen atoms in total. The lowest BCUT2D eigenvalue weighted by Crippen LogP contribution is -2.39. The molecule has 0 aromatic heterocycles. The summed E-state index contributed by atoms with van der Waals surface area (Å²) in [5.41, 5.74) is 5.84. The van der Waals surface area contributed by atoms with Gasteiger partial charge in [-0.2, -0.15) is 0 Å². The van der Waals surface area contributed by atoms with Crippen LogP contribution in [0, 0.1) is 5.92 Å². The lowest BCUT2D eigenvalue weighted by Gasteiger charge is -2.25. The standard InChI is InChI=1S/C9H19N/c1-5-6-7-8(2)9(3,4)10/h5-6,8H,7,10H2,1-4H3/b6-5-. The van der Waals surface area contributed by atoms with Crippen LogP contribution < -0.4 is 5.73 Å². The summed E-state index contributed by atoms with van der Waals surface area (Å²) >= 11 is 0. The molecule has 1 unspecified atom stereocenters. The summed E-state index contributed by atoms with van der Waals surface area (Å²) < 4.78 is 0. The van der Waals surface area contributed by atoms with Crippen molar-refractivity contribution >= 4 is 0 Å². The van der Waals surface area contributed by atoms with Crippen LogP contribution in [-0.2, 0) is 0 Å². The van der Waals surface area contributed by atoms with Gasteiger partial charge < -0.3 is 5.73 Å². The zero-order chi connectivity index (χ0) is 8.20. The van der Waals surface area contributed by atoms with Crippen LogP contribution in [0.1, 0.15) is 34.1 Å². The first-order valence-corrected chi connectivity index (χ1v) is 3.88. The highest BCUT2D eigenvalue weighted by Crippen LogP contribution is 2.16. The third kappa shape index (κ3) is 3.67. The Labute approximate surface area is 64.3 Å². The maximum atomic E-state index is 5.89. The summed E-state index contributed by atoms with van der Waals surface area (Å²) in [5, 5.41) is 0. The first-order chi connectivity index (χ1) is 4.48. The molecule has 10 heavy (non-hydrogen) atoms. The molecule has 0 aliphatic heterocycles. The van der Waals surface area contributed by atoms with Crippen molar-refractivity contribution in [1.29, 1.82) is 0 Å². The lowest BCUT2D eigenvalue weighted by atomic mass is 9.87. The second-order valence-electron chi connectivity index (χ2n) is 3.53. The lowest BCUT2D eigenvalue weighted by molar-refractivity contribution is 0.349. The molecule has 0 fully saturated rings. The topological polar surface area (TPSA) is 26.0 Å². The van der Waals surface area contributed by atoms with Gasteiger partial charge in [0.25, 0.3) is 0 Å². The molecule has 2 N–H and O–H groups in total. The Morgan fingerprint density at radius 2 is 2.00 bits per heavy atom. The molecule has 0 saturated heterocycles. The van der Waals surface area contributed by atoms with Gasteiger partial charge in [-0.25, -0.2) is 0 Å². The van der Waals surface area contributed by atoms with E-state index in [4.69, 9.17) is 5.73 Å². The average Bonchev–Trinajstić information content (AvgIpc) is 1.80. The number of hydrogen-bond acceptors (Lipinski definition) is 1. The zero-order valence-corrected chi connectivity index (χ0v) is 7.52. The van der Waals surface area contributed by atoms with Gasteiger partial charge in [-0.3, -0.25) is 0 Å². The Kier molecular flexibility index (Phi) is 3.66. The van der Waals surface area contributed by atoms with E-state index >= 15 is 0 Å². The third-order valence-corrected chi connectivity index (χ3v) is 2.00. The van der Waals surface area contributed by atoms with E-state index in [0.29, 0.717) is 5.92 Å². The number of rotatable bonds is 3. The molecule has 0 amide bonds. The largest absolute Gasteiger partial charge is 0.325 e. The molecular formula is C9H19N. The molecule has 0 aliphatic carbocycles. The van der Waals surface area contributed by atoms with Crippen LogP contribution in [0.5, 0.6) is 0 Å². The van der Waals surface area contributed by atoms with E-state index in [0.717, 1.165) is 6.42 Å². The summed E-state index contributed by atoms with van der Waals surface area (Å²) in [4.78, 5) is 0. The van der Waals surface area contributed by atoms with Crippen molar-refractivity contribution in [2.75, 3.05) is 0 Å². The minimum absolute atomic E-state index is 0.0422. The maximum absolute atomic E-state index is 5.89. The molecule has 0 aromatic carbocycles. The Hall–Kier alpha value is -0.300. The molecule has 0 bridgehead atoms. The van der Waals surface area contributed by atoms with Crippen molar-refractivity contribution in [3.8, 4) is 0 Å². The van der Waals surface area contributed by atoms with Gasteiger partial charge in [0, 0.05) is 5.54 Å². The normalized spacial score (nSPS) is 16.1. The summed E-state index contributed by atoms with van der Waals surface area (Å²) in [6.45, 7) is 8.36. The predicted molar refractivity (Wildman–Crippen MR) is 46.9 cm³/mol. The quantitative estimate of drug-likeness (QED) is 0.600. The molecule has 60 valence electrons. The van der Waals surface area contributed by atoms with E-state index in [1.165, 1.54) is 0 Å². The van der Waals surface area contributed by atoms with E-state index in [1.807, 2.05) is 6.92 Å². The number of hydrogen-bond donors (Lipinski definition) is 1. The van der Waals surface area contributed by atoms with Gasteiger partial charge in [-0.05, 0) is 33.1 Å². The van der Waals surface area contributed by atoms with Gasteiger partial charge in [0.1, 0.15) is 0 Å². The number of allylic oxidation sites excluding steroid dienone is 2. The van der Waals surface area contributed by atoms with E-state index < -0.39 is 0 Å². The average molecular weight is 141 g/mol. The fraction of sp³-hybridized carbons (Fsp3) is 0.778. The fourth-order valence-corrected chi connectivity index (χ4v) is 0.644. The van der Waals surface area contributed by atoms with Gasteiger partial charge in [-0.15, -0.1) is 0 Å². The van der Waals surface area contributed by atoms with E-state index in [1.54, 1.807) is 0 Å². The van der Waals surface area contributed by atoms with Crippen LogP contribution >= 0.6 is 0 Å². The first kappa shape index (κ1) is 9.70. The highest BCUT2D eigenvalue weighted by atomic mass is 14.7. The Bertz CT molecular complexity index is 108. The smallest absolute Gasteiger partial charge is 0.0126 e. The summed E-state index contributed by atoms with van der Waals surface area (Å²) in [7, 11) is 0. The van der Waals surface area contributed by atoms with E-state index in [9.17, 15) is 0 Å². The molecule has 1 heteroatoms. The number of nitrogens with two attached hydrogens (primary N) is 1. The Morgan fingerprint density at radius 3 is 2.30 bits per heavy atom. The highest BCUT2D eigenvalue weighted by molar-refractivity contribution is 4.87. The molecule has 1 atom stereocenters. The van der Waals surface area contributed by atoms with Crippen LogP contribution in [0.3, 0.4) is 0 Å². The summed E-state index contributed by atoms with van der Waals surface area (Å²) in [5.74, 6) is 0.559. The molecule has 0 saturated carbocycles. The van der Waals surface area contributed by atoms with Gasteiger partial charge >= 0.3 is 0 Å². The fourth-order valence-electron chi connectivity index (χ4n) is 0.644. The molecule has 0 heterocycles. The summed E-state index contributed by atoms with van der Waals surface area (Å²) in [6, 6.07) is 0. The van der Waals surface area contributed by atoms with Crippen LogP contribution in [-0.4, -0.2) is 5.54 Å². The minimum Gasteiger partial charge on any atom is -0.325 e. The van der Waals surface area contributed by atoms with Crippen LogP contribution in [0.2, 0.25) is 0 Å².